The lowest BCUT2D eigenvalue weighted by Gasteiger charge is -2.05. The number of hydrogen-bond donors (Lipinski definition) is 1. The number of rotatable bonds is 2. The fourth-order valence-electron chi connectivity index (χ4n) is 0.974. The molecular weight excluding hydrogens is 216 g/mol. The Morgan fingerprint density at radius 1 is 1.20 bits per heavy atom. The lowest BCUT2D eigenvalue weighted by atomic mass is 10.4. The van der Waals surface area contributed by atoms with E-state index in [2.05, 4.69) is 15.0 Å². The largest absolute Gasteiger partial charge is 0.434 e. The molecule has 2 N–H and O–H groups in total. The Labute approximate surface area is 90.9 Å². The number of ether oxygens (including phenoxy) is 1. The van der Waals surface area contributed by atoms with E-state index in [1.807, 2.05) is 0 Å². The van der Waals surface area contributed by atoms with Crippen LogP contribution in [0.5, 0.6) is 11.6 Å². The molecule has 0 aromatic carbocycles. The first-order chi connectivity index (χ1) is 7.25. The second-order valence-corrected chi connectivity index (χ2v) is 3.12. The lowest BCUT2D eigenvalue weighted by Crippen LogP contribution is -1.97. The molecule has 6 heteroatoms. The van der Waals surface area contributed by atoms with Gasteiger partial charge in [0.05, 0.1) is 11.2 Å². The summed E-state index contributed by atoms with van der Waals surface area (Å²) < 4.78 is 5.34. The molecule has 0 amide bonds. The van der Waals surface area contributed by atoms with Crippen molar-refractivity contribution >= 4 is 17.4 Å². The van der Waals surface area contributed by atoms with Crippen molar-refractivity contribution in [3.8, 4) is 11.6 Å². The smallest absolute Gasteiger partial charge is 0.262 e. The van der Waals surface area contributed by atoms with Crippen molar-refractivity contribution in [1.82, 2.24) is 15.0 Å². The lowest BCUT2D eigenvalue weighted by molar-refractivity contribution is 0.461. The minimum atomic E-state index is 0.220. The maximum absolute atomic E-state index is 5.74. The average molecular weight is 223 g/mol. The van der Waals surface area contributed by atoms with Crippen molar-refractivity contribution in [3.63, 3.8) is 0 Å². The van der Waals surface area contributed by atoms with Crippen molar-refractivity contribution < 1.29 is 4.74 Å². The fourth-order valence-corrected chi connectivity index (χ4v) is 1.14. The monoisotopic (exact) mass is 222 g/mol. The number of hydrogen-bond acceptors (Lipinski definition) is 5. The Balaban J connectivity index is 2.26. The van der Waals surface area contributed by atoms with E-state index >= 15 is 0 Å². The first-order valence-corrected chi connectivity index (χ1v) is 4.48. The quantitative estimate of drug-likeness (QED) is 0.840. The maximum atomic E-state index is 5.74. The third kappa shape index (κ3) is 2.32. The van der Waals surface area contributed by atoms with Crippen molar-refractivity contribution in [2.75, 3.05) is 5.73 Å². The van der Waals surface area contributed by atoms with Crippen molar-refractivity contribution in [3.05, 3.63) is 35.9 Å². The number of pyridine rings is 1. The topological polar surface area (TPSA) is 73.9 Å². The van der Waals surface area contributed by atoms with Gasteiger partial charge in [-0.2, -0.15) is 0 Å². The van der Waals surface area contributed by atoms with Crippen LogP contribution in [0.4, 0.5) is 5.82 Å². The van der Waals surface area contributed by atoms with Gasteiger partial charge in [0.25, 0.3) is 5.88 Å². The maximum Gasteiger partial charge on any atom is 0.262 e. The van der Waals surface area contributed by atoms with Crippen LogP contribution in [-0.2, 0) is 0 Å². The van der Waals surface area contributed by atoms with Crippen LogP contribution in [0, 0.1) is 0 Å². The molecular formula is C9H7ClN4O. The zero-order chi connectivity index (χ0) is 10.7. The molecule has 0 saturated carbocycles. The fraction of sp³-hybridized carbons (Fsp3) is 0. The van der Waals surface area contributed by atoms with Crippen LogP contribution < -0.4 is 10.5 Å². The minimum Gasteiger partial charge on any atom is -0.434 e. The highest BCUT2D eigenvalue weighted by Gasteiger charge is 2.04. The molecule has 0 radical (unpaired) electrons. The number of halogens is 1. The van der Waals surface area contributed by atoms with Gasteiger partial charge in [0, 0.05) is 24.7 Å². The molecule has 2 aromatic heterocycles. The molecule has 2 heterocycles. The molecule has 0 spiro atoms. The number of nitrogen functional groups attached to an aromatic ring is 1. The second-order valence-electron chi connectivity index (χ2n) is 2.69. The molecule has 0 aliphatic rings. The van der Waals surface area contributed by atoms with Gasteiger partial charge in [-0.3, -0.25) is 4.98 Å². The van der Waals surface area contributed by atoms with Crippen molar-refractivity contribution in [1.29, 1.82) is 0 Å². The summed E-state index contributed by atoms with van der Waals surface area (Å²) >= 11 is 5.74. The van der Waals surface area contributed by atoms with Crippen LogP contribution in [0.2, 0.25) is 5.02 Å². The molecule has 0 atom stereocenters. The number of aromatic nitrogens is 3. The van der Waals surface area contributed by atoms with Crippen LogP contribution in [-0.4, -0.2) is 15.0 Å². The Hall–Kier alpha value is -1.88. The van der Waals surface area contributed by atoms with Crippen molar-refractivity contribution in [2.24, 2.45) is 0 Å². The van der Waals surface area contributed by atoms with Gasteiger partial charge in [0.2, 0.25) is 0 Å². The van der Waals surface area contributed by atoms with Crippen LogP contribution in [0.1, 0.15) is 0 Å². The highest BCUT2D eigenvalue weighted by Crippen LogP contribution is 2.23. The number of anilines is 1. The molecule has 0 saturated heterocycles. The standard InChI is InChI=1S/C9H7ClN4O/c10-6-3-7(5-12-4-6)15-9-8(11)13-1-2-14-9/h1-5H,(H2,11,13). The summed E-state index contributed by atoms with van der Waals surface area (Å²) in [5.74, 6) is 0.925. The van der Waals surface area contributed by atoms with E-state index in [1.165, 1.54) is 24.8 Å². The van der Waals surface area contributed by atoms with Crippen LogP contribution in [0.25, 0.3) is 0 Å². The summed E-state index contributed by atoms with van der Waals surface area (Å²) in [6, 6.07) is 1.61. The molecule has 0 aliphatic carbocycles. The first kappa shape index (κ1) is 9.67. The predicted octanol–water partition coefficient (Wildman–Crippen LogP) is 1.90. The van der Waals surface area contributed by atoms with Gasteiger partial charge in [-0.15, -0.1) is 0 Å². The zero-order valence-corrected chi connectivity index (χ0v) is 8.35. The molecule has 15 heavy (non-hydrogen) atoms. The highest BCUT2D eigenvalue weighted by molar-refractivity contribution is 6.30. The Kier molecular flexibility index (Phi) is 2.64. The SMILES string of the molecule is Nc1nccnc1Oc1cncc(Cl)c1. The normalized spacial score (nSPS) is 9.93. The summed E-state index contributed by atoms with van der Waals surface area (Å²) in [5, 5.41) is 0.481. The van der Waals surface area contributed by atoms with E-state index in [9.17, 15) is 0 Å². The van der Waals surface area contributed by atoms with Gasteiger partial charge in [-0.05, 0) is 0 Å². The van der Waals surface area contributed by atoms with Crippen molar-refractivity contribution in [2.45, 2.75) is 0 Å². The van der Waals surface area contributed by atoms with Crippen LogP contribution in [0.3, 0.4) is 0 Å². The summed E-state index contributed by atoms with van der Waals surface area (Å²) in [6.45, 7) is 0. The second kappa shape index (κ2) is 4.10. The molecule has 2 rings (SSSR count). The molecule has 76 valence electrons. The summed E-state index contributed by atoms with van der Waals surface area (Å²) in [6.07, 6.45) is 6.00. The Bertz CT molecular complexity index is 477. The van der Waals surface area contributed by atoms with Gasteiger partial charge in [-0.25, -0.2) is 9.97 Å². The third-order valence-electron chi connectivity index (χ3n) is 1.59. The van der Waals surface area contributed by atoms with Gasteiger partial charge >= 0.3 is 0 Å². The predicted molar refractivity (Wildman–Crippen MR) is 55.8 cm³/mol. The van der Waals surface area contributed by atoms with E-state index in [0.29, 0.717) is 10.8 Å². The minimum absolute atomic E-state index is 0.220. The molecule has 0 fully saturated rings. The average Bonchev–Trinajstić information content (AvgIpc) is 2.22. The molecule has 0 bridgehead atoms. The summed E-state index contributed by atoms with van der Waals surface area (Å²) in [7, 11) is 0. The van der Waals surface area contributed by atoms with E-state index < -0.39 is 0 Å². The first-order valence-electron chi connectivity index (χ1n) is 4.10. The molecule has 5 nitrogen and oxygen atoms in total. The number of nitrogens with two attached hydrogens (primary N) is 1. The molecule has 2 aromatic rings. The zero-order valence-electron chi connectivity index (χ0n) is 7.59. The highest BCUT2D eigenvalue weighted by atomic mass is 35.5. The Morgan fingerprint density at radius 2 is 2.00 bits per heavy atom. The summed E-state index contributed by atoms with van der Waals surface area (Å²) in [5.41, 5.74) is 5.55. The summed E-state index contributed by atoms with van der Waals surface area (Å²) in [4.78, 5) is 11.6. The van der Waals surface area contributed by atoms with E-state index in [1.54, 1.807) is 6.07 Å². The van der Waals surface area contributed by atoms with Gasteiger partial charge in [0.1, 0.15) is 5.75 Å². The number of nitrogens with zero attached hydrogens (tertiary/aromatic N) is 3. The van der Waals surface area contributed by atoms with Gasteiger partial charge < -0.3 is 10.5 Å². The third-order valence-corrected chi connectivity index (χ3v) is 1.79. The van der Waals surface area contributed by atoms with Crippen LogP contribution in [0.15, 0.2) is 30.9 Å². The molecule has 0 aliphatic heterocycles. The van der Waals surface area contributed by atoms with E-state index in [-0.39, 0.29) is 11.7 Å². The van der Waals surface area contributed by atoms with Gasteiger partial charge in [0.15, 0.2) is 5.82 Å². The van der Waals surface area contributed by atoms with Gasteiger partial charge in [-0.1, -0.05) is 11.6 Å². The Morgan fingerprint density at radius 3 is 2.73 bits per heavy atom. The van der Waals surface area contributed by atoms with E-state index in [4.69, 9.17) is 22.1 Å². The van der Waals surface area contributed by atoms with Crippen LogP contribution >= 0.6 is 11.6 Å². The van der Waals surface area contributed by atoms with E-state index in [0.717, 1.165) is 0 Å². The molecule has 0 unspecified atom stereocenters.